The van der Waals surface area contributed by atoms with Gasteiger partial charge in [0.15, 0.2) is 11.6 Å². The van der Waals surface area contributed by atoms with Crippen LogP contribution in [0.3, 0.4) is 0 Å². The minimum absolute atomic E-state index is 0.126. The maximum atomic E-state index is 13.6. The molecule has 2 aromatic rings. The number of rotatable bonds is 6. The number of amides is 2. The zero-order valence-electron chi connectivity index (χ0n) is 14.3. The van der Waals surface area contributed by atoms with Gasteiger partial charge in [0.05, 0.1) is 7.11 Å². The molecule has 2 N–H and O–H groups in total. The minimum atomic E-state index is -0.468. The van der Waals surface area contributed by atoms with Crippen molar-refractivity contribution in [3.63, 3.8) is 0 Å². The van der Waals surface area contributed by atoms with Gasteiger partial charge >= 0.3 is 0 Å². The Morgan fingerprint density at radius 1 is 1.04 bits per heavy atom. The molecule has 0 spiro atoms. The van der Waals surface area contributed by atoms with Crippen LogP contribution in [0.25, 0.3) is 0 Å². The van der Waals surface area contributed by atoms with Gasteiger partial charge in [-0.2, -0.15) is 0 Å². The number of carbonyl (C=O) groups excluding carboxylic acids is 2. The monoisotopic (exact) mass is 344 g/mol. The largest absolute Gasteiger partial charge is 0.494 e. The first-order valence-electron chi connectivity index (χ1n) is 8.04. The summed E-state index contributed by atoms with van der Waals surface area (Å²) < 4.78 is 18.4. The molecule has 5 nitrogen and oxygen atoms in total. The number of hydrogen-bond donors (Lipinski definition) is 2. The van der Waals surface area contributed by atoms with Crippen LogP contribution < -0.4 is 15.6 Å². The van der Waals surface area contributed by atoms with Crippen molar-refractivity contribution in [3.8, 4) is 5.75 Å². The second-order valence-corrected chi connectivity index (χ2v) is 5.52. The summed E-state index contributed by atoms with van der Waals surface area (Å²) in [5, 5.41) is 0. The number of aryl methyl sites for hydroxylation is 2. The molecule has 0 heterocycles. The number of hydrogen-bond acceptors (Lipinski definition) is 3. The van der Waals surface area contributed by atoms with Crippen molar-refractivity contribution >= 4 is 11.8 Å². The number of methoxy groups -OCH3 is 1. The summed E-state index contributed by atoms with van der Waals surface area (Å²) >= 11 is 0. The smallest absolute Gasteiger partial charge is 0.269 e. The summed E-state index contributed by atoms with van der Waals surface area (Å²) in [6.07, 6.45) is 1.37. The van der Waals surface area contributed by atoms with Crippen LogP contribution in [0.5, 0.6) is 5.75 Å². The van der Waals surface area contributed by atoms with Gasteiger partial charge in [0.2, 0.25) is 5.91 Å². The molecule has 2 rings (SSSR count). The molecule has 6 heteroatoms. The van der Waals surface area contributed by atoms with Gasteiger partial charge in [-0.05, 0) is 48.2 Å². The van der Waals surface area contributed by atoms with Crippen molar-refractivity contribution in [2.45, 2.75) is 26.2 Å². The molecule has 0 radical (unpaired) electrons. The summed E-state index contributed by atoms with van der Waals surface area (Å²) in [4.78, 5) is 23.8. The van der Waals surface area contributed by atoms with Crippen LogP contribution >= 0.6 is 0 Å². The van der Waals surface area contributed by atoms with E-state index in [4.69, 9.17) is 4.74 Å². The van der Waals surface area contributed by atoms with Gasteiger partial charge in [0, 0.05) is 12.0 Å². The fraction of sp³-hybridized carbons (Fsp3) is 0.263. The molecule has 0 saturated heterocycles. The second-order valence-electron chi connectivity index (χ2n) is 5.52. The fourth-order valence-electron chi connectivity index (χ4n) is 2.28. The molecule has 0 unspecified atom stereocenters. The third-order valence-corrected chi connectivity index (χ3v) is 3.80. The Hall–Kier alpha value is -2.89. The second kappa shape index (κ2) is 8.82. The highest BCUT2D eigenvalue weighted by atomic mass is 19.1. The van der Waals surface area contributed by atoms with Crippen LogP contribution in [-0.2, 0) is 17.6 Å². The van der Waals surface area contributed by atoms with Gasteiger partial charge in [-0.15, -0.1) is 0 Å². The summed E-state index contributed by atoms with van der Waals surface area (Å²) in [6.45, 7) is 2.03. The molecule has 0 saturated carbocycles. The van der Waals surface area contributed by atoms with E-state index in [0.717, 1.165) is 12.0 Å². The molecular formula is C19H21FN2O3. The van der Waals surface area contributed by atoms with Crippen LogP contribution in [0.4, 0.5) is 4.39 Å². The van der Waals surface area contributed by atoms with Crippen molar-refractivity contribution in [1.29, 1.82) is 0 Å². The molecule has 2 aromatic carbocycles. The number of nitrogens with one attached hydrogen (secondary N) is 2. The minimum Gasteiger partial charge on any atom is -0.494 e. The van der Waals surface area contributed by atoms with E-state index in [2.05, 4.69) is 10.9 Å². The quantitative estimate of drug-likeness (QED) is 0.792. The summed E-state index contributed by atoms with van der Waals surface area (Å²) in [5.74, 6) is -1.04. The number of hydrazine groups is 1. The molecule has 2 amide bonds. The average molecular weight is 344 g/mol. The number of carbonyl (C=O) groups is 2. The molecular weight excluding hydrogens is 323 g/mol. The van der Waals surface area contributed by atoms with Gasteiger partial charge in [0.1, 0.15) is 0 Å². The van der Waals surface area contributed by atoms with E-state index < -0.39 is 5.82 Å². The van der Waals surface area contributed by atoms with E-state index in [9.17, 15) is 14.0 Å². The topological polar surface area (TPSA) is 67.4 Å². The Labute approximate surface area is 146 Å². The Morgan fingerprint density at radius 2 is 1.72 bits per heavy atom. The van der Waals surface area contributed by atoms with Crippen molar-refractivity contribution in [1.82, 2.24) is 10.9 Å². The summed E-state index contributed by atoms with van der Waals surface area (Å²) in [6, 6.07) is 11.7. The van der Waals surface area contributed by atoms with Crippen molar-refractivity contribution in [2.75, 3.05) is 7.11 Å². The van der Waals surface area contributed by atoms with E-state index in [1.807, 2.05) is 19.1 Å². The Morgan fingerprint density at radius 3 is 2.32 bits per heavy atom. The lowest BCUT2D eigenvalue weighted by Gasteiger charge is -2.08. The molecule has 0 aliphatic carbocycles. The highest BCUT2D eigenvalue weighted by molar-refractivity contribution is 5.95. The third kappa shape index (κ3) is 5.31. The lowest BCUT2D eigenvalue weighted by atomic mass is 10.1. The normalized spacial score (nSPS) is 10.2. The lowest BCUT2D eigenvalue weighted by molar-refractivity contribution is -0.121. The van der Waals surface area contributed by atoms with Crippen LogP contribution in [0.15, 0.2) is 42.5 Å². The number of benzene rings is 2. The zero-order chi connectivity index (χ0) is 18.2. The van der Waals surface area contributed by atoms with Gasteiger partial charge in [0.25, 0.3) is 5.91 Å². The molecule has 0 aromatic heterocycles. The lowest BCUT2D eigenvalue weighted by Crippen LogP contribution is -2.41. The maximum absolute atomic E-state index is 13.6. The van der Waals surface area contributed by atoms with Crippen molar-refractivity contribution in [2.24, 2.45) is 0 Å². The molecule has 0 fully saturated rings. The standard InChI is InChI=1S/C19H21FN2O3/c1-3-13-4-8-15(9-5-13)19(24)22-21-18(23)11-7-14-6-10-17(25-2)16(20)12-14/h4-6,8-10,12H,3,7,11H2,1-2H3,(H,21,23)(H,22,24). The first-order valence-corrected chi connectivity index (χ1v) is 8.04. The summed E-state index contributed by atoms with van der Waals surface area (Å²) in [7, 11) is 1.39. The van der Waals surface area contributed by atoms with Crippen molar-refractivity contribution in [3.05, 3.63) is 65.0 Å². The van der Waals surface area contributed by atoms with E-state index >= 15 is 0 Å². The van der Waals surface area contributed by atoms with Crippen LogP contribution in [0, 0.1) is 5.82 Å². The van der Waals surface area contributed by atoms with E-state index in [1.165, 1.54) is 19.2 Å². The predicted octanol–water partition coefficient (Wildman–Crippen LogP) is 2.79. The first-order chi connectivity index (χ1) is 12.0. The van der Waals surface area contributed by atoms with Gasteiger partial charge in [-0.1, -0.05) is 25.1 Å². The summed E-state index contributed by atoms with van der Waals surface area (Å²) in [5.41, 5.74) is 7.00. The molecule has 25 heavy (non-hydrogen) atoms. The van der Waals surface area contributed by atoms with Gasteiger partial charge < -0.3 is 4.74 Å². The molecule has 0 bridgehead atoms. The van der Waals surface area contributed by atoms with Crippen LogP contribution in [-0.4, -0.2) is 18.9 Å². The molecule has 0 atom stereocenters. The van der Waals surface area contributed by atoms with E-state index in [-0.39, 0.29) is 24.0 Å². The predicted molar refractivity (Wildman–Crippen MR) is 92.7 cm³/mol. The van der Waals surface area contributed by atoms with E-state index in [1.54, 1.807) is 18.2 Å². The number of halogens is 1. The van der Waals surface area contributed by atoms with Crippen molar-refractivity contribution < 1.29 is 18.7 Å². The Kier molecular flexibility index (Phi) is 6.51. The SMILES string of the molecule is CCc1ccc(C(=O)NNC(=O)CCc2ccc(OC)c(F)c2)cc1. The van der Waals surface area contributed by atoms with E-state index in [0.29, 0.717) is 17.5 Å². The first kappa shape index (κ1) is 18.4. The molecule has 132 valence electrons. The Balaban J connectivity index is 1.80. The van der Waals surface area contributed by atoms with Crippen LogP contribution in [0.1, 0.15) is 34.8 Å². The Bertz CT molecular complexity index is 745. The highest BCUT2D eigenvalue weighted by Crippen LogP contribution is 2.18. The maximum Gasteiger partial charge on any atom is 0.269 e. The highest BCUT2D eigenvalue weighted by Gasteiger charge is 2.09. The van der Waals surface area contributed by atoms with Gasteiger partial charge in [-0.25, -0.2) is 4.39 Å². The molecule has 0 aliphatic heterocycles. The fourth-order valence-corrected chi connectivity index (χ4v) is 2.28. The van der Waals surface area contributed by atoms with Crippen LogP contribution in [0.2, 0.25) is 0 Å². The third-order valence-electron chi connectivity index (χ3n) is 3.80. The zero-order valence-corrected chi connectivity index (χ0v) is 14.3. The average Bonchev–Trinajstić information content (AvgIpc) is 2.64. The molecule has 0 aliphatic rings. The number of ether oxygens (including phenoxy) is 1. The van der Waals surface area contributed by atoms with Gasteiger partial charge in [-0.3, -0.25) is 20.4 Å².